The van der Waals surface area contributed by atoms with E-state index in [1.807, 2.05) is 0 Å². The van der Waals surface area contributed by atoms with Crippen LogP contribution in [0.15, 0.2) is 24.3 Å². The summed E-state index contributed by atoms with van der Waals surface area (Å²) in [5.41, 5.74) is 0.675. The van der Waals surface area contributed by atoms with E-state index in [1.54, 1.807) is 31.2 Å². The summed E-state index contributed by atoms with van der Waals surface area (Å²) in [5, 5.41) is 9.50. The molecule has 0 aliphatic heterocycles. The predicted molar refractivity (Wildman–Crippen MR) is 73.9 cm³/mol. The molecular formula is C13H16O6S. The molecule has 0 aliphatic carbocycles. The number of carbonyl (C=O) groups is 1. The molecule has 0 fully saturated rings. The molecule has 0 saturated heterocycles. The van der Waals surface area contributed by atoms with Crippen molar-refractivity contribution < 1.29 is 27.1 Å². The van der Waals surface area contributed by atoms with Crippen LogP contribution in [0.5, 0.6) is 5.75 Å². The Labute approximate surface area is 117 Å². The zero-order chi connectivity index (χ0) is 15.2. The summed E-state index contributed by atoms with van der Waals surface area (Å²) in [6.07, 6.45) is 3.69. The molecule has 0 spiro atoms. The van der Waals surface area contributed by atoms with Crippen LogP contribution in [0.3, 0.4) is 0 Å². The van der Waals surface area contributed by atoms with Crippen molar-refractivity contribution in [3.05, 3.63) is 35.4 Å². The Bertz CT molecular complexity index is 591. The van der Waals surface area contributed by atoms with Crippen LogP contribution < -0.4 is 0 Å². The van der Waals surface area contributed by atoms with Crippen LogP contribution in [0.2, 0.25) is 0 Å². The highest BCUT2D eigenvalue weighted by Crippen LogP contribution is 2.20. The van der Waals surface area contributed by atoms with Gasteiger partial charge in [0, 0.05) is 0 Å². The van der Waals surface area contributed by atoms with Crippen molar-refractivity contribution in [2.45, 2.75) is 25.9 Å². The van der Waals surface area contributed by atoms with Crippen molar-refractivity contribution in [1.29, 1.82) is 0 Å². The number of phenols is 1. The molecule has 0 unspecified atom stereocenters. The number of hydrogen-bond acceptors (Lipinski definition) is 5. The van der Waals surface area contributed by atoms with Crippen LogP contribution in [-0.2, 0) is 14.6 Å². The third-order valence-corrected chi connectivity index (χ3v) is 3.16. The first-order chi connectivity index (χ1) is 9.37. The van der Waals surface area contributed by atoms with Gasteiger partial charge in [-0.25, -0.2) is 4.18 Å². The second-order valence-electron chi connectivity index (χ2n) is 4.09. The monoisotopic (exact) mass is 300 g/mol. The predicted octanol–water partition coefficient (Wildman–Crippen LogP) is 2.21. The van der Waals surface area contributed by atoms with Gasteiger partial charge in [0.15, 0.2) is 6.29 Å². The maximum atomic E-state index is 10.9. The van der Waals surface area contributed by atoms with Gasteiger partial charge in [0.25, 0.3) is 0 Å². The molecule has 0 bridgehead atoms. The van der Waals surface area contributed by atoms with Gasteiger partial charge in [-0.15, -0.1) is 0 Å². The molecule has 0 amide bonds. The van der Waals surface area contributed by atoms with Crippen molar-refractivity contribution in [2.75, 3.05) is 0 Å². The van der Waals surface area contributed by atoms with E-state index in [2.05, 4.69) is 4.18 Å². The van der Waals surface area contributed by atoms with Crippen molar-refractivity contribution in [1.82, 2.24) is 0 Å². The van der Waals surface area contributed by atoms with E-state index >= 15 is 0 Å². The minimum atomic E-state index is -4.48. The molecule has 0 aliphatic rings. The zero-order valence-corrected chi connectivity index (χ0v) is 11.7. The fraction of sp³-hybridized carbons (Fsp3) is 0.308. The summed E-state index contributed by atoms with van der Waals surface area (Å²) < 4.78 is 34.3. The Morgan fingerprint density at radius 2 is 2.10 bits per heavy atom. The Balaban J connectivity index is 2.78. The van der Waals surface area contributed by atoms with Crippen LogP contribution in [0.4, 0.5) is 0 Å². The number of carbonyl (C=O) groups excluding carboxylic acids is 1. The second-order valence-corrected chi connectivity index (χ2v) is 5.14. The SMILES string of the molecule is CC[C@@H](CC=Cc1cccc(O)c1C=O)OS(=O)(=O)O. The first-order valence-corrected chi connectivity index (χ1v) is 7.33. The van der Waals surface area contributed by atoms with E-state index in [-0.39, 0.29) is 17.7 Å². The van der Waals surface area contributed by atoms with Gasteiger partial charge in [-0.2, -0.15) is 8.42 Å². The van der Waals surface area contributed by atoms with Crippen LogP contribution >= 0.6 is 0 Å². The molecule has 1 aromatic rings. The molecule has 0 heterocycles. The van der Waals surface area contributed by atoms with E-state index in [4.69, 9.17) is 4.55 Å². The summed E-state index contributed by atoms with van der Waals surface area (Å²) in [6.45, 7) is 1.72. The summed E-state index contributed by atoms with van der Waals surface area (Å²) in [5.74, 6) is -0.122. The molecule has 6 nitrogen and oxygen atoms in total. The van der Waals surface area contributed by atoms with Crippen molar-refractivity contribution in [2.24, 2.45) is 0 Å². The summed E-state index contributed by atoms with van der Waals surface area (Å²) in [6, 6.07) is 4.63. The molecule has 0 saturated carbocycles. The van der Waals surface area contributed by atoms with Crippen molar-refractivity contribution in [3.8, 4) is 5.75 Å². The lowest BCUT2D eigenvalue weighted by molar-refractivity contribution is 0.112. The van der Waals surface area contributed by atoms with Gasteiger partial charge in [-0.3, -0.25) is 9.35 Å². The largest absolute Gasteiger partial charge is 0.507 e. The minimum Gasteiger partial charge on any atom is -0.507 e. The summed E-state index contributed by atoms with van der Waals surface area (Å²) in [7, 11) is -4.48. The molecule has 7 heteroatoms. The van der Waals surface area contributed by atoms with Gasteiger partial charge < -0.3 is 5.11 Å². The lowest BCUT2D eigenvalue weighted by Gasteiger charge is -2.10. The fourth-order valence-corrected chi connectivity index (χ4v) is 2.20. The van der Waals surface area contributed by atoms with Gasteiger partial charge in [0.1, 0.15) is 5.75 Å². The molecule has 1 atom stereocenters. The molecule has 1 aromatic carbocycles. The first-order valence-electron chi connectivity index (χ1n) is 5.96. The highest BCUT2D eigenvalue weighted by molar-refractivity contribution is 7.80. The van der Waals surface area contributed by atoms with Gasteiger partial charge in [0.2, 0.25) is 0 Å². The van der Waals surface area contributed by atoms with Crippen molar-refractivity contribution in [3.63, 3.8) is 0 Å². The Kier molecular flexibility index (Phi) is 5.87. The van der Waals surface area contributed by atoms with Gasteiger partial charge in [-0.1, -0.05) is 31.2 Å². The van der Waals surface area contributed by atoms with E-state index < -0.39 is 16.5 Å². The van der Waals surface area contributed by atoms with Crippen LogP contribution in [0.25, 0.3) is 6.08 Å². The second kappa shape index (κ2) is 7.18. The van der Waals surface area contributed by atoms with E-state index in [0.717, 1.165) is 0 Å². The first kappa shape index (κ1) is 16.4. The lowest BCUT2D eigenvalue weighted by Crippen LogP contribution is -2.16. The molecule has 110 valence electrons. The highest BCUT2D eigenvalue weighted by Gasteiger charge is 2.13. The average Bonchev–Trinajstić information content (AvgIpc) is 2.36. The number of hydrogen-bond donors (Lipinski definition) is 2. The van der Waals surface area contributed by atoms with E-state index in [9.17, 15) is 18.3 Å². The van der Waals surface area contributed by atoms with Gasteiger partial charge in [0.05, 0.1) is 11.7 Å². The van der Waals surface area contributed by atoms with Crippen molar-refractivity contribution >= 4 is 22.8 Å². The number of rotatable bonds is 7. The number of phenolic OH excluding ortho intramolecular Hbond substituents is 1. The summed E-state index contributed by atoms with van der Waals surface area (Å²) >= 11 is 0. The zero-order valence-electron chi connectivity index (χ0n) is 10.9. The van der Waals surface area contributed by atoms with Crippen LogP contribution in [-0.4, -0.2) is 30.5 Å². The van der Waals surface area contributed by atoms with Gasteiger partial charge in [-0.05, 0) is 24.5 Å². The maximum absolute atomic E-state index is 10.9. The molecular weight excluding hydrogens is 284 g/mol. The molecule has 0 aromatic heterocycles. The van der Waals surface area contributed by atoms with Crippen LogP contribution in [0, 0.1) is 0 Å². The Morgan fingerprint density at radius 1 is 1.40 bits per heavy atom. The molecule has 0 radical (unpaired) electrons. The topological polar surface area (TPSA) is 101 Å². The lowest BCUT2D eigenvalue weighted by atomic mass is 10.1. The third kappa shape index (κ3) is 5.12. The average molecular weight is 300 g/mol. The molecule has 1 rings (SSSR count). The number of aromatic hydroxyl groups is 1. The minimum absolute atomic E-state index is 0.122. The smallest absolute Gasteiger partial charge is 0.397 e. The standard InChI is InChI=1S/C13H16O6S/c1-2-11(19-20(16,17)18)7-3-5-10-6-4-8-13(15)12(10)9-14/h3-6,8-9,11,15H,2,7H2,1H3,(H,16,17,18)/t11-/m0/s1. The fourth-order valence-electron chi connectivity index (χ4n) is 1.64. The Morgan fingerprint density at radius 3 is 2.65 bits per heavy atom. The molecule has 20 heavy (non-hydrogen) atoms. The number of aldehydes is 1. The van der Waals surface area contributed by atoms with E-state index in [0.29, 0.717) is 18.3 Å². The quantitative estimate of drug-likeness (QED) is 0.591. The van der Waals surface area contributed by atoms with Gasteiger partial charge >= 0.3 is 10.4 Å². The number of benzene rings is 1. The summed E-state index contributed by atoms with van der Waals surface area (Å²) in [4.78, 5) is 10.9. The normalized spacial score (nSPS) is 13.5. The molecule has 2 N–H and O–H groups in total. The van der Waals surface area contributed by atoms with Crippen LogP contribution in [0.1, 0.15) is 35.7 Å². The highest BCUT2D eigenvalue weighted by atomic mass is 32.3. The maximum Gasteiger partial charge on any atom is 0.397 e. The van der Waals surface area contributed by atoms with E-state index in [1.165, 1.54) is 6.07 Å². The Hall–Kier alpha value is -1.70. The third-order valence-electron chi connectivity index (χ3n) is 2.64.